The lowest BCUT2D eigenvalue weighted by Gasteiger charge is -2.14. The monoisotopic (exact) mass is 374 g/mol. The summed E-state index contributed by atoms with van der Waals surface area (Å²) < 4.78 is 0.405. The molecule has 1 aromatic heterocycles. The highest BCUT2D eigenvalue weighted by Gasteiger charge is 2.33. The number of anilines is 1. The van der Waals surface area contributed by atoms with E-state index in [2.05, 4.69) is 5.32 Å². The molecule has 24 heavy (non-hydrogen) atoms. The van der Waals surface area contributed by atoms with E-state index in [4.69, 9.17) is 12.2 Å². The number of nitrogens with zero attached hydrogens (tertiary/aromatic N) is 1. The molecular weight excluding hydrogens is 360 g/mol. The van der Waals surface area contributed by atoms with Crippen LogP contribution in [-0.4, -0.2) is 27.6 Å². The lowest BCUT2D eigenvalue weighted by Crippen LogP contribution is -2.36. The third-order valence-corrected chi connectivity index (χ3v) is 5.49. The number of hydrogen-bond donors (Lipinski definition) is 1. The van der Waals surface area contributed by atoms with Crippen molar-refractivity contribution in [3.63, 3.8) is 0 Å². The Hall–Kier alpha value is -1.96. The number of thioether (sulfide) groups is 1. The van der Waals surface area contributed by atoms with Crippen molar-refractivity contribution < 1.29 is 9.59 Å². The number of aryl methyl sites for hydroxylation is 1. The Bertz CT molecular complexity index is 828. The molecule has 0 bridgehead atoms. The maximum absolute atomic E-state index is 12.5. The van der Waals surface area contributed by atoms with E-state index in [1.807, 2.05) is 54.8 Å². The molecular formula is C17H14N2O2S3. The number of rotatable bonds is 4. The molecule has 0 unspecified atom stereocenters. The van der Waals surface area contributed by atoms with E-state index in [1.165, 1.54) is 16.7 Å². The predicted octanol–water partition coefficient (Wildman–Crippen LogP) is 3.90. The quantitative estimate of drug-likeness (QED) is 0.651. The zero-order chi connectivity index (χ0) is 17.1. The lowest BCUT2D eigenvalue weighted by atomic mass is 10.2. The van der Waals surface area contributed by atoms with Gasteiger partial charge in [0.25, 0.3) is 5.91 Å². The van der Waals surface area contributed by atoms with Crippen molar-refractivity contribution in [3.8, 4) is 0 Å². The first-order chi connectivity index (χ1) is 11.5. The Morgan fingerprint density at radius 3 is 2.88 bits per heavy atom. The maximum atomic E-state index is 12.5. The standard InChI is InChI=1S/C17H14N2O2S3/c1-11-4-2-5-12(8-11)18-15(20)10-19-16(21)14(24-17(19)22)9-13-6-3-7-23-13/h2-9H,10H2,1H3,(H,18,20)/b14-9+. The van der Waals surface area contributed by atoms with Crippen LogP contribution >= 0.6 is 35.3 Å². The normalized spacial score (nSPS) is 16.0. The second kappa shape index (κ2) is 7.29. The first kappa shape index (κ1) is 16.9. The van der Waals surface area contributed by atoms with E-state index in [9.17, 15) is 9.59 Å². The molecule has 1 aromatic carbocycles. The summed E-state index contributed by atoms with van der Waals surface area (Å²) in [6.07, 6.45) is 1.81. The molecule has 0 radical (unpaired) electrons. The number of carbonyl (C=O) groups excluding carboxylic acids is 2. The first-order valence-electron chi connectivity index (χ1n) is 7.18. The molecule has 2 amide bonds. The number of amides is 2. The maximum Gasteiger partial charge on any atom is 0.266 e. The highest BCUT2D eigenvalue weighted by atomic mass is 32.2. The van der Waals surface area contributed by atoms with Gasteiger partial charge in [0.05, 0.1) is 4.91 Å². The van der Waals surface area contributed by atoms with Gasteiger partial charge >= 0.3 is 0 Å². The number of thiocarbonyl (C=S) groups is 1. The van der Waals surface area contributed by atoms with Crippen molar-refractivity contribution in [2.75, 3.05) is 11.9 Å². The smallest absolute Gasteiger partial charge is 0.266 e. The number of hydrogen-bond acceptors (Lipinski definition) is 5. The molecule has 1 aliphatic rings. The van der Waals surface area contributed by atoms with Crippen LogP contribution in [0.5, 0.6) is 0 Å². The summed E-state index contributed by atoms with van der Waals surface area (Å²) in [4.78, 5) is 27.5. The van der Waals surface area contributed by atoms with E-state index in [1.54, 1.807) is 11.3 Å². The molecule has 4 nitrogen and oxygen atoms in total. The van der Waals surface area contributed by atoms with E-state index in [0.717, 1.165) is 10.4 Å². The van der Waals surface area contributed by atoms with Crippen molar-refractivity contribution in [2.24, 2.45) is 0 Å². The predicted molar refractivity (Wildman–Crippen MR) is 104 cm³/mol. The average Bonchev–Trinajstić information content (AvgIpc) is 3.12. The van der Waals surface area contributed by atoms with Gasteiger partial charge in [0, 0.05) is 10.6 Å². The van der Waals surface area contributed by atoms with Crippen LogP contribution in [0.3, 0.4) is 0 Å². The summed E-state index contributed by atoms with van der Waals surface area (Å²) in [6.45, 7) is 1.87. The van der Waals surface area contributed by atoms with Gasteiger partial charge in [-0.15, -0.1) is 11.3 Å². The van der Waals surface area contributed by atoms with Gasteiger partial charge in [0.15, 0.2) is 0 Å². The zero-order valence-electron chi connectivity index (χ0n) is 12.8. The molecule has 1 aliphatic heterocycles. The van der Waals surface area contributed by atoms with Crippen LogP contribution in [0.2, 0.25) is 0 Å². The molecule has 1 saturated heterocycles. The Morgan fingerprint density at radius 2 is 2.17 bits per heavy atom. The van der Waals surface area contributed by atoms with E-state index >= 15 is 0 Å². The summed E-state index contributed by atoms with van der Waals surface area (Å²) in [5.74, 6) is -0.493. The van der Waals surface area contributed by atoms with Gasteiger partial charge in [-0.1, -0.05) is 42.2 Å². The van der Waals surface area contributed by atoms with Gasteiger partial charge in [-0.05, 0) is 42.1 Å². The Kier molecular flexibility index (Phi) is 5.13. The van der Waals surface area contributed by atoms with E-state index < -0.39 is 0 Å². The zero-order valence-corrected chi connectivity index (χ0v) is 15.3. The van der Waals surface area contributed by atoms with Crippen molar-refractivity contribution in [1.82, 2.24) is 4.90 Å². The Morgan fingerprint density at radius 1 is 1.33 bits per heavy atom. The summed E-state index contributed by atoms with van der Waals surface area (Å²) in [5, 5.41) is 4.74. The van der Waals surface area contributed by atoms with Crippen molar-refractivity contribution in [1.29, 1.82) is 0 Å². The van der Waals surface area contributed by atoms with Crippen molar-refractivity contribution in [3.05, 3.63) is 57.1 Å². The van der Waals surface area contributed by atoms with Gasteiger partial charge in [-0.2, -0.15) is 0 Å². The van der Waals surface area contributed by atoms with Crippen LogP contribution in [0.25, 0.3) is 6.08 Å². The van der Waals surface area contributed by atoms with Crippen LogP contribution in [0.15, 0.2) is 46.7 Å². The third-order valence-electron chi connectivity index (χ3n) is 3.29. The van der Waals surface area contributed by atoms with E-state index in [-0.39, 0.29) is 18.4 Å². The molecule has 0 atom stereocenters. The molecule has 1 N–H and O–H groups in total. The minimum absolute atomic E-state index is 0.0829. The van der Waals surface area contributed by atoms with Crippen LogP contribution in [-0.2, 0) is 9.59 Å². The topological polar surface area (TPSA) is 49.4 Å². The van der Waals surface area contributed by atoms with Gasteiger partial charge in [0.1, 0.15) is 10.9 Å². The van der Waals surface area contributed by atoms with Gasteiger partial charge in [0.2, 0.25) is 5.91 Å². The highest BCUT2D eigenvalue weighted by molar-refractivity contribution is 8.26. The number of benzene rings is 1. The first-order valence-corrected chi connectivity index (χ1v) is 9.29. The summed E-state index contributed by atoms with van der Waals surface area (Å²) >= 11 is 8.02. The Balaban J connectivity index is 1.67. The molecule has 7 heteroatoms. The second-order valence-electron chi connectivity index (χ2n) is 5.20. The van der Waals surface area contributed by atoms with Crippen LogP contribution in [0, 0.1) is 6.92 Å². The molecule has 122 valence electrons. The number of thiophene rings is 1. The number of carbonyl (C=O) groups is 2. The summed E-state index contributed by atoms with van der Waals surface area (Å²) in [6, 6.07) is 11.4. The Labute approximate surface area is 153 Å². The molecule has 1 fully saturated rings. The van der Waals surface area contributed by atoms with Crippen LogP contribution in [0.4, 0.5) is 5.69 Å². The summed E-state index contributed by atoms with van der Waals surface area (Å²) in [5.41, 5.74) is 1.76. The van der Waals surface area contributed by atoms with Gasteiger partial charge in [-0.3, -0.25) is 14.5 Å². The minimum Gasteiger partial charge on any atom is -0.325 e. The molecule has 3 rings (SSSR count). The van der Waals surface area contributed by atoms with E-state index in [0.29, 0.717) is 14.9 Å². The minimum atomic E-state index is -0.269. The fraction of sp³-hybridized carbons (Fsp3) is 0.118. The van der Waals surface area contributed by atoms with Gasteiger partial charge in [-0.25, -0.2) is 0 Å². The van der Waals surface area contributed by atoms with Crippen LogP contribution < -0.4 is 5.32 Å². The van der Waals surface area contributed by atoms with Crippen molar-refractivity contribution in [2.45, 2.75) is 6.92 Å². The lowest BCUT2D eigenvalue weighted by molar-refractivity contribution is -0.126. The van der Waals surface area contributed by atoms with Gasteiger partial charge < -0.3 is 5.32 Å². The van der Waals surface area contributed by atoms with Crippen molar-refractivity contribution >= 4 is 63.2 Å². The SMILES string of the molecule is Cc1cccc(NC(=O)CN2C(=O)/C(=C\c3cccs3)SC2=S)c1. The average molecular weight is 375 g/mol. The summed E-state index contributed by atoms with van der Waals surface area (Å²) in [7, 11) is 0. The molecule has 0 spiro atoms. The highest BCUT2D eigenvalue weighted by Crippen LogP contribution is 2.33. The molecule has 0 aliphatic carbocycles. The molecule has 0 saturated carbocycles. The fourth-order valence-electron chi connectivity index (χ4n) is 2.21. The molecule has 2 aromatic rings. The molecule has 2 heterocycles. The number of nitrogens with one attached hydrogen (secondary N) is 1. The fourth-order valence-corrected chi connectivity index (χ4v) is 4.18. The van der Waals surface area contributed by atoms with Crippen LogP contribution in [0.1, 0.15) is 10.4 Å². The second-order valence-corrected chi connectivity index (χ2v) is 7.86. The largest absolute Gasteiger partial charge is 0.325 e. The third kappa shape index (κ3) is 3.92.